The summed E-state index contributed by atoms with van der Waals surface area (Å²) in [6.45, 7) is 2.07. The number of nitrogens with zero attached hydrogens (tertiary/aromatic N) is 2. The lowest BCUT2D eigenvalue weighted by Gasteiger charge is -2.21. The fraction of sp³-hybridized carbons (Fsp3) is 0.227. The van der Waals surface area contributed by atoms with Gasteiger partial charge in [-0.15, -0.1) is 4.40 Å². The Morgan fingerprint density at radius 1 is 1.16 bits per heavy atom. The average Bonchev–Trinajstić information content (AvgIpc) is 3.33. The van der Waals surface area contributed by atoms with Gasteiger partial charge < -0.3 is 20.4 Å². The molecule has 10 heteroatoms. The van der Waals surface area contributed by atoms with Gasteiger partial charge in [0.05, 0.1) is 17.8 Å². The van der Waals surface area contributed by atoms with Crippen LogP contribution in [0.25, 0.3) is 0 Å². The SMILES string of the molecule is CNC(C)c1ccc2c(c1)S(=O)(=O)N=C(C(=O)NCC(c1ccccc1)c1ncco1)N2. The number of benzene rings is 2. The molecule has 0 saturated carbocycles. The lowest BCUT2D eigenvalue weighted by molar-refractivity contribution is -0.114. The maximum atomic E-state index is 12.8. The van der Waals surface area contributed by atoms with E-state index >= 15 is 0 Å². The van der Waals surface area contributed by atoms with Gasteiger partial charge in [0.2, 0.25) is 11.7 Å². The van der Waals surface area contributed by atoms with Gasteiger partial charge in [-0.05, 0) is 37.2 Å². The lowest BCUT2D eigenvalue weighted by atomic mass is 9.99. The van der Waals surface area contributed by atoms with Crippen LogP contribution in [0.1, 0.15) is 35.9 Å². The largest absolute Gasteiger partial charge is 0.448 e. The molecule has 0 spiro atoms. The Kier molecular flexibility index (Phi) is 6.06. The number of sulfonamides is 1. The van der Waals surface area contributed by atoms with Gasteiger partial charge in [0, 0.05) is 12.6 Å². The van der Waals surface area contributed by atoms with Gasteiger partial charge >= 0.3 is 0 Å². The predicted octanol–water partition coefficient (Wildman–Crippen LogP) is 2.42. The summed E-state index contributed by atoms with van der Waals surface area (Å²) in [4.78, 5) is 17.0. The van der Waals surface area contributed by atoms with Gasteiger partial charge in [0.15, 0.2) is 0 Å². The van der Waals surface area contributed by atoms with Crippen molar-refractivity contribution in [3.8, 4) is 0 Å². The van der Waals surface area contributed by atoms with Crippen molar-refractivity contribution in [1.29, 1.82) is 0 Å². The molecule has 2 atom stereocenters. The van der Waals surface area contributed by atoms with Gasteiger partial charge in [0.1, 0.15) is 11.2 Å². The minimum atomic E-state index is -4.03. The van der Waals surface area contributed by atoms with E-state index in [1.807, 2.05) is 37.3 Å². The molecule has 1 amide bonds. The number of hydrogen-bond donors (Lipinski definition) is 3. The number of oxazole rings is 1. The first-order chi connectivity index (χ1) is 15.4. The molecule has 3 aromatic rings. The van der Waals surface area contributed by atoms with Crippen LogP contribution in [0.4, 0.5) is 5.69 Å². The van der Waals surface area contributed by atoms with E-state index in [1.165, 1.54) is 12.5 Å². The Morgan fingerprint density at radius 3 is 2.62 bits per heavy atom. The zero-order valence-corrected chi connectivity index (χ0v) is 18.4. The van der Waals surface area contributed by atoms with Crippen molar-refractivity contribution in [3.05, 3.63) is 78.0 Å². The number of hydrogen-bond acceptors (Lipinski definition) is 7. The average molecular weight is 454 g/mol. The molecule has 166 valence electrons. The molecule has 2 aromatic carbocycles. The number of aromatic nitrogens is 1. The Hall–Kier alpha value is -3.50. The number of anilines is 1. The van der Waals surface area contributed by atoms with Gasteiger partial charge in [-0.2, -0.15) is 8.42 Å². The van der Waals surface area contributed by atoms with Crippen LogP contribution in [0.5, 0.6) is 0 Å². The highest BCUT2D eigenvalue weighted by molar-refractivity contribution is 7.90. The van der Waals surface area contributed by atoms with E-state index in [2.05, 4.69) is 25.3 Å². The van der Waals surface area contributed by atoms with E-state index < -0.39 is 15.9 Å². The molecular formula is C22H23N5O4S. The second-order valence-corrected chi connectivity index (χ2v) is 8.92. The molecular weight excluding hydrogens is 430 g/mol. The van der Waals surface area contributed by atoms with Gasteiger partial charge in [-0.25, -0.2) is 4.98 Å². The first-order valence-electron chi connectivity index (χ1n) is 10.0. The first kappa shape index (κ1) is 21.7. The monoisotopic (exact) mass is 453 g/mol. The van der Waals surface area contributed by atoms with Crippen molar-refractivity contribution in [1.82, 2.24) is 15.6 Å². The van der Waals surface area contributed by atoms with Crippen molar-refractivity contribution in [2.75, 3.05) is 18.9 Å². The summed E-state index contributed by atoms with van der Waals surface area (Å²) in [6, 6.07) is 14.4. The van der Waals surface area contributed by atoms with Crippen LogP contribution in [0.15, 0.2) is 74.7 Å². The quantitative estimate of drug-likeness (QED) is 0.502. The molecule has 1 aliphatic rings. The second kappa shape index (κ2) is 8.93. The molecule has 2 heterocycles. The Labute approximate surface area is 186 Å². The highest BCUT2D eigenvalue weighted by Gasteiger charge is 2.29. The maximum Gasteiger partial charge on any atom is 0.287 e. The normalized spacial score (nSPS) is 16.2. The molecule has 9 nitrogen and oxygen atoms in total. The number of nitrogens with one attached hydrogen (secondary N) is 3. The van der Waals surface area contributed by atoms with Crippen LogP contribution in [0.2, 0.25) is 0 Å². The van der Waals surface area contributed by atoms with Crippen LogP contribution < -0.4 is 16.0 Å². The minimum Gasteiger partial charge on any atom is -0.448 e. The number of carbonyl (C=O) groups is 1. The summed E-state index contributed by atoms with van der Waals surface area (Å²) in [5, 5.41) is 8.64. The molecule has 1 aliphatic heterocycles. The fourth-order valence-electron chi connectivity index (χ4n) is 3.43. The van der Waals surface area contributed by atoms with Gasteiger partial charge in [0.25, 0.3) is 15.9 Å². The number of amidine groups is 1. The second-order valence-electron chi connectivity index (χ2n) is 7.35. The highest BCUT2D eigenvalue weighted by Crippen LogP contribution is 2.30. The van der Waals surface area contributed by atoms with E-state index in [9.17, 15) is 13.2 Å². The third-order valence-electron chi connectivity index (χ3n) is 5.31. The van der Waals surface area contributed by atoms with Gasteiger partial charge in [-0.3, -0.25) is 4.79 Å². The van der Waals surface area contributed by atoms with Crippen LogP contribution in [-0.2, 0) is 14.8 Å². The molecule has 0 saturated heterocycles. The molecule has 0 bridgehead atoms. The van der Waals surface area contributed by atoms with E-state index in [0.717, 1.165) is 11.1 Å². The highest BCUT2D eigenvalue weighted by atomic mass is 32.2. The lowest BCUT2D eigenvalue weighted by Crippen LogP contribution is -2.40. The summed E-state index contributed by atoms with van der Waals surface area (Å²) in [5.41, 5.74) is 2.01. The summed E-state index contributed by atoms with van der Waals surface area (Å²) >= 11 is 0. The zero-order chi connectivity index (χ0) is 22.7. The van der Waals surface area contributed by atoms with E-state index in [4.69, 9.17) is 4.42 Å². The Balaban J connectivity index is 1.54. The van der Waals surface area contributed by atoms with E-state index in [0.29, 0.717) is 11.6 Å². The molecule has 4 rings (SSSR count). The standard InChI is InChI=1S/C22H23N5O4S/c1-14(23-2)16-8-9-18-19(12-16)32(29,30)27-20(26-18)21(28)25-13-17(22-24-10-11-31-22)15-6-4-3-5-7-15/h3-12,14,17,23H,13H2,1-2H3,(H,25,28)(H,26,27). The van der Waals surface area contributed by atoms with Crippen LogP contribution in [0.3, 0.4) is 0 Å². The number of rotatable bonds is 7. The summed E-state index contributed by atoms with van der Waals surface area (Å²) in [6.07, 6.45) is 3.00. The summed E-state index contributed by atoms with van der Waals surface area (Å²) in [7, 11) is -2.24. The summed E-state index contributed by atoms with van der Waals surface area (Å²) < 4.78 is 34.6. The van der Waals surface area contributed by atoms with E-state index in [-0.39, 0.29) is 29.2 Å². The molecule has 3 N–H and O–H groups in total. The topological polar surface area (TPSA) is 126 Å². The number of amides is 1. The molecule has 1 aromatic heterocycles. The first-order valence-corrected chi connectivity index (χ1v) is 11.5. The molecule has 0 radical (unpaired) electrons. The number of fused-ring (bicyclic) bond motifs is 1. The van der Waals surface area contributed by atoms with Crippen molar-refractivity contribution in [2.45, 2.75) is 23.8 Å². The third-order valence-corrected chi connectivity index (χ3v) is 6.63. The maximum absolute atomic E-state index is 12.8. The molecule has 0 fully saturated rings. The van der Waals surface area contributed by atoms with E-state index in [1.54, 1.807) is 25.2 Å². The Morgan fingerprint density at radius 2 is 1.94 bits per heavy atom. The van der Waals surface area contributed by atoms with Crippen LogP contribution >= 0.6 is 0 Å². The zero-order valence-electron chi connectivity index (χ0n) is 17.6. The minimum absolute atomic E-state index is 0.0331. The smallest absolute Gasteiger partial charge is 0.287 e. The molecule has 32 heavy (non-hydrogen) atoms. The Bertz CT molecular complexity index is 1240. The predicted molar refractivity (Wildman–Crippen MR) is 120 cm³/mol. The number of carbonyl (C=O) groups excluding carboxylic acids is 1. The van der Waals surface area contributed by atoms with Crippen molar-refractivity contribution in [3.63, 3.8) is 0 Å². The van der Waals surface area contributed by atoms with Crippen LogP contribution in [0, 0.1) is 0 Å². The van der Waals surface area contributed by atoms with Crippen LogP contribution in [-0.4, -0.2) is 38.7 Å². The van der Waals surface area contributed by atoms with Gasteiger partial charge in [-0.1, -0.05) is 36.4 Å². The third kappa shape index (κ3) is 4.41. The molecule has 2 unspecified atom stereocenters. The molecule has 0 aliphatic carbocycles. The van der Waals surface area contributed by atoms with Crippen molar-refractivity contribution < 1.29 is 17.6 Å². The van der Waals surface area contributed by atoms with Crippen molar-refractivity contribution >= 4 is 27.5 Å². The van der Waals surface area contributed by atoms with Crippen molar-refractivity contribution in [2.24, 2.45) is 4.40 Å². The fourth-order valence-corrected chi connectivity index (χ4v) is 4.58. The summed E-state index contributed by atoms with van der Waals surface area (Å²) in [5.74, 6) is -0.821.